The molecule has 0 saturated heterocycles. The van der Waals surface area contributed by atoms with Gasteiger partial charge >= 0.3 is 6.03 Å². The summed E-state index contributed by atoms with van der Waals surface area (Å²) in [6.45, 7) is 8.18. The van der Waals surface area contributed by atoms with Gasteiger partial charge in [-0.25, -0.2) is 4.79 Å². The van der Waals surface area contributed by atoms with E-state index in [1.165, 1.54) is 5.57 Å². The molecule has 2 atom stereocenters. The lowest BCUT2D eigenvalue weighted by molar-refractivity contribution is 0.199. The molecule has 3 rings (SSSR count). The normalized spacial score (nSPS) is 27.8. The van der Waals surface area contributed by atoms with Gasteiger partial charge in [-0.05, 0) is 35.8 Å². The van der Waals surface area contributed by atoms with Gasteiger partial charge < -0.3 is 10.2 Å². The lowest BCUT2D eigenvalue weighted by Crippen LogP contribution is -2.44. The van der Waals surface area contributed by atoms with Crippen molar-refractivity contribution in [2.45, 2.75) is 39.7 Å². The van der Waals surface area contributed by atoms with Gasteiger partial charge in [-0.2, -0.15) is 5.10 Å². The molecule has 1 N–H and O–H groups in total. The molecule has 22 heavy (non-hydrogen) atoms. The number of aromatic nitrogens is 2. The van der Waals surface area contributed by atoms with E-state index in [0.29, 0.717) is 18.5 Å². The third-order valence-electron chi connectivity index (χ3n) is 5.54. The van der Waals surface area contributed by atoms with Crippen LogP contribution in [0.1, 0.15) is 39.3 Å². The molecule has 0 aromatic carbocycles. The number of carbonyl (C=O) groups excluding carboxylic acids is 1. The number of urea groups is 1. The van der Waals surface area contributed by atoms with Crippen molar-refractivity contribution in [3.63, 3.8) is 0 Å². The van der Waals surface area contributed by atoms with Crippen molar-refractivity contribution >= 4 is 11.6 Å². The van der Waals surface area contributed by atoms with Gasteiger partial charge in [0.15, 0.2) is 0 Å². The van der Waals surface area contributed by atoms with Gasteiger partial charge in [-0.15, -0.1) is 0 Å². The highest BCUT2D eigenvalue weighted by Gasteiger charge is 2.53. The lowest BCUT2D eigenvalue weighted by Gasteiger charge is -2.27. The molecule has 2 heterocycles. The first-order valence-electron chi connectivity index (χ1n) is 8.14. The van der Waals surface area contributed by atoms with Gasteiger partial charge in [-0.3, -0.25) is 4.68 Å². The average molecular weight is 302 g/mol. The summed E-state index contributed by atoms with van der Waals surface area (Å²) >= 11 is 0. The number of amides is 2. The number of aryl methyl sites for hydroxylation is 1. The minimum atomic E-state index is 0.0784. The highest BCUT2D eigenvalue weighted by Crippen LogP contribution is 2.51. The molecule has 120 valence electrons. The number of hydrogen-bond donors (Lipinski definition) is 1. The molecular weight excluding hydrogens is 276 g/mol. The number of hydrogen-bond acceptors (Lipinski definition) is 2. The van der Waals surface area contributed by atoms with E-state index in [-0.39, 0.29) is 11.4 Å². The molecule has 5 nitrogen and oxygen atoms in total. The number of nitrogens with one attached hydrogen (secondary N) is 1. The van der Waals surface area contributed by atoms with E-state index in [4.69, 9.17) is 0 Å². The van der Waals surface area contributed by atoms with Gasteiger partial charge in [0, 0.05) is 32.4 Å². The zero-order valence-corrected chi connectivity index (χ0v) is 14.0. The maximum atomic E-state index is 12.4. The Hall–Kier alpha value is -1.78. The highest BCUT2D eigenvalue weighted by molar-refractivity contribution is 5.77. The molecule has 5 heteroatoms. The van der Waals surface area contributed by atoms with Crippen molar-refractivity contribution in [3.8, 4) is 0 Å². The molecule has 0 radical (unpaired) electrons. The minimum Gasteiger partial charge on any atom is -0.335 e. The Kier molecular flexibility index (Phi) is 3.75. The van der Waals surface area contributed by atoms with Crippen molar-refractivity contribution in [2.75, 3.05) is 13.1 Å². The van der Waals surface area contributed by atoms with Crippen LogP contribution in [-0.4, -0.2) is 39.8 Å². The topological polar surface area (TPSA) is 50.2 Å². The van der Waals surface area contributed by atoms with Crippen molar-refractivity contribution in [1.29, 1.82) is 0 Å². The van der Waals surface area contributed by atoms with Crippen LogP contribution in [-0.2, 0) is 7.05 Å². The van der Waals surface area contributed by atoms with E-state index in [1.54, 1.807) is 0 Å². The summed E-state index contributed by atoms with van der Waals surface area (Å²) in [6, 6.07) is 2.44. The van der Waals surface area contributed by atoms with Crippen LogP contribution in [0.15, 0.2) is 18.3 Å². The summed E-state index contributed by atoms with van der Waals surface area (Å²) in [4.78, 5) is 14.3. The number of nitrogens with zero attached hydrogens (tertiary/aromatic N) is 3. The lowest BCUT2D eigenvalue weighted by atomic mass is 9.94. The largest absolute Gasteiger partial charge is 0.335 e. The van der Waals surface area contributed by atoms with E-state index in [9.17, 15) is 4.79 Å². The van der Waals surface area contributed by atoms with Crippen molar-refractivity contribution < 1.29 is 4.79 Å². The summed E-state index contributed by atoms with van der Waals surface area (Å²) < 4.78 is 1.89. The average Bonchev–Trinajstić information content (AvgIpc) is 2.95. The molecule has 2 aliphatic rings. The van der Waals surface area contributed by atoms with E-state index in [1.807, 2.05) is 28.9 Å². The SMILES string of the molecule is CC(C)C1(C)CC1NC(=O)N1CC=C(c2ccnn2C)CC1. The van der Waals surface area contributed by atoms with Crippen LogP contribution in [0.4, 0.5) is 4.79 Å². The Balaban J connectivity index is 1.57. The number of rotatable bonds is 3. The second-order valence-corrected chi connectivity index (χ2v) is 7.13. The third-order valence-corrected chi connectivity index (χ3v) is 5.54. The summed E-state index contributed by atoms with van der Waals surface area (Å²) in [5.41, 5.74) is 2.71. The Bertz CT molecular complexity index is 604. The molecule has 1 aromatic rings. The zero-order chi connectivity index (χ0) is 15.9. The van der Waals surface area contributed by atoms with Gasteiger partial charge in [0.2, 0.25) is 0 Å². The van der Waals surface area contributed by atoms with Gasteiger partial charge in [0.1, 0.15) is 0 Å². The predicted molar refractivity (Wildman–Crippen MR) is 87.3 cm³/mol. The molecule has 2 amide bonds. The first-order valence-corrected chi connectivity index (χ1v) is 8.14. The van der Waals surface area contributed by atoms with Gasteiger partial charge in [0.25, 0.3) is 0 Å². The highest BCUT2D eigenvalue weighted by atomic mass is 16.2. The van der Waals surface area contributed by atoms with E-state index < -0.39 is 0 Å². The quantitative estimate of drug-likeness (QED) is 0.933. The Morgan fingerprint density at radius 3 is 2.77 bits per heavy atom. The number of carbonyl (C=O) groups is 1. The maximum Gasteiger partial charge on any atom is 0.317 e. The van der Waals surface area contributed by atoms with Crippen LogP contribution in [0, 0.1) is 11.3 Å². The summed E-state index contributed by atoms with van der Waals surface area (Å²) in [5, 5.41) is 7.41. The molecule has 1 fully saturated rings. The van der Waals surface area contributed by atoms with Gasteiger partial charge in [0.05, 0.1) is 5.69 Å². The van der Waals surface area contributed by atoms with Gasteiger partial charge in [-0.1, -0.05) is 26.8 Å². The molecule has 0 bridgehead atoms. The molecule has 1 aliphatic heterocycles. The maximum absolute atomic E-state index is 12.4. The van der Waals surface area contributed by atoms with Crippen molar-refractivity contribution in [1.82, 2.24) is 20.0 Å². The van der Waals surface area contributed by atoms with Crippen LogP contribution in [0.5, 0.6) is 0 Å². The molecule has 1 aromatic heterocycles. The monoisotopic (exact) mass is 302 g/mol. The first-order chi connectivity index (χ1) is 10.4. The van der Waals surface area contributed by atoms with E-state index >= 15 is 0 Å². The summed E-state index contributed by atoms with van der Waals surface area (Å²) in [5.74, 6) is 0.607. The molecule has 1 aliphatic carbocycles. The van der Waals surface area contributed by atoms with E-state index in [0.717, 1.165) is 25.1 Å². The van der Waals surface area contributed by atoms with Crippen LogP contribution in [0.25, 0.3) is 5.57 Å². The fourth-order valence-corrected chi connectivity index (χ4v) is 3.25. The van der Waals surface area contributed by atoms with Crippen LogP contribution >= 0.6 is 0 Å². The summed E-state index contributed by atoms with van der Waals surface area (Å²) in [6.07, 6.45) is 5.95. The molecular formula is C17H26N4O. The fourth-order valence-electron chi connectivity index (χ4n) is 3.25. The van der Waals surface area contributed by atoms with Crippen LogP contribution in [0.3, 0.4) is 0 Å². The smallest absolute Gasteiger partial charge is 0.317 e. The Morgan fingerprint density at radius 1 is 1.50 bits per heavy atom. The summed E-state index contributed by atoms with van der Waals surface area (Å²) in [7, 11) is 1.95. The fraction of sp³-hybridized carbons (Fsp3) is 0.647. The second-order valence-electron chi connectivity index (χ2n) is 7.13. The molecule has 1 saturated carbocycles. The van der Waals surface area contributed by atoms with Crippen molar-refractivity contribution in [2.24, 2.45) is 18.4 Å². The minimum absolute atomic E-state index is 0.0784. The Morgan fingerprint density at radius 2 is 2.27 bits per heavy atom. The van der Waals surface area contributed by atoms with Crippen LogP contribution < -0.4 is 5.32 Å². The molecule has 2 unspecified atom stereocenters. The second kappa shape index (κ2) is 5.45. The zero-order valence-electron chi connectivity index (χ0n) is 14.0. The molecule has 0 spiro atoms. The van der Waals surface area contributed by atoms with Crippen molar-refractivity contribution in [3.05, 3.63) is 24.0 Å². The standard InChI is InChI=1S/C17H26N4O/c1-12(2)17(3)11-15(17)19-16(22)21-9-6-13(7-10-21)14-5-8-18-20(14)4/h5-6,8,12,15H,7,9-11H2,1-4H3,(H,19,22). The van der Waals surface area contributed by atoms with Crippen LogP contribution in [0.2, 0.25) is 0 Å². The third kappa shape index (κ3) is 2.64. The Labute approximate surface area is 132 Å². The van der Waals surface area contributed by atoms with E-state index in [2.05, 4.69) is 37.3 Å². The first kappa shape index (κ1) is 15.1. The predicted octanol–water partition coefficient (Wildman–Crippen LogP) is 2.65.